The van der Waals surface area contributed by atoms with Crippen molar-refractivity contribution < 1.29 is 19.7 Å². The number of imidazole rings is 1. The van der Waals surface area contributed by atoms with Crippen molar-refractivity contribution >= 4 is 23.0 Å². The van der Waals surface area contributed by atoms with E-state index in [0.29, 0.717) is 49.5 Å². The van der Waals surface area contributed by atoms with Gasteiger partial charge < -0.3 is 25.3 Å². The minimum Gasteiger partial charge on any atom is -0.496 e. The fraction of sp³-hybridized carbons (Fsp3) is 0.455. The van der Waals surface area contributed by atoms with Crippen molar-refractivity contribution in [3.8, 4) is 5.75 Å². The average molecular weight is 441 g/mol. The van der Waals surface area contributed by atoms with E-state index < -0.39 is 11.6 Å². The van der Waals surface area contributed by atoms with Crippen LogP contribution in [-0.4, -0.2) is 66.4 Å². The number of aryl methyl sites for hydroxylation is 1. The Balaban J connectivity index is 1.59. The van der Waals surface area contributed by atoms with E-state index in [1.54, 1.807) is 13.4 Å². The predicted octanol–water partition coefficient (Wildman–Crippen LogP) is 1.63. The van der Waals surface area contributed by atoms with E-state index in [9.17, 15) is 9.90 Å². The first-order valence-corrected chi connectivity index (χ1v) is 10.5. The first-order chi connectivity index (χ1) is 15.3. The molecule has 1 aromatic carbocycles. The summed E-state index contributed by atoms with van der Waals surface area (Å²) in [6, 6.07) is 5.50. The third kappa shape index (κ3) is 4.37. The summed E-state index contributed by atoms with van der Waals surface area (Å²) < 4.78 is 7.41. The molecule has 0 spiro atoms. The van der Waals surface area contributed by atoms with Gasteiger partial charge in [-0.05, 0) is 31.4 Å². The maximum Gasteiger partial charge on any atom is 0.303 e. The average Bonchev–Trinajstić information content (AvgIpc) is 3.19. The van der Waals surface area contributed by atoms with Crippen molar-refractivity contribution in [2.45, 2.75) is 44.4 Å². The Labute approximate surface area is 185 Å². The molecule has 0 radical (unpaired) electrons. The molecule has 32 heavy (non-hydrogen) atoms. The Morgan fingerprint density at radius 1 is 1.34 bits per heavy atom. The van der Waals surface area contributed by atoms with Gasteiger partial charge in [-0.25, -0.2) is 15.0 Å². The molecule has 1 saturated heterocycles. The number of hydrogen-bond donors (Lipinski definition) is 3. The largest absolute Gasteiger partial charge is 0.496 e. The molecule has 4 rings (SSSR count). The number of carbonyl (C=O) groups is 1. The lowest BCUT2D eigenvalue weighted by Gasteiger charge is -2.43. The predicted molar refractivity (Wildman–Crippen MR) is 118 cm³/mol. The molecule has 0 saturated carbocycles. The smallest absolute Gasteiger partial charge is 0.303 e. The molecule has 2 aromatic heterocycles. The van der Waals surface area contributed by atoms with Crippen molar-refractivity contribution in [3.05, 3.63) is 42.0 Å². The summed E-state index contributed by atoms with van der Waals surface area (Å²) in [5.41, 5.74) is 8.04. The highest BCUT2D eigenvalue weighted by atomic mass is 16.5. The summed E-state index contributed by atoms with van der Waals surface area (Å²) in [4.78, 5) is 25.9. The fourth-order valence-corrected chi connectivity index (χ4v) is 4.32. The molecule has 10 heteroatoms. The summed E-state index contributed by atoms with van der Waals surface area (Å²) in [5.74, 6) is 0.246. The van der Waals surface area contributed by atoms with Crippen molar-refractivity contribution in [1.29, 1.82) is 0 Å². The van der Waals surface area contributed by atoms with Crippen molar-refractivity contribution in [2.24, 2.45) is 0 Å². The van der Waals surface area contributed by atoms with E-state index in [0.717, 1.165) is 16.9 Å². The van der Waals surface area contributed by atoms with Crippen LogP contribution in [0.1, 0.15) is 36.9 Å². The lowest BCUT2D eigenvalue weighted by molar-refractivity contribution is -0.136. The van der Waals surface area contributed by atoms with Gasteiger partial charge in [0.05, 0.1) is 25.1 Å². The fourth-order valence-electron chi connectivity index (χ4n) is 4.32. The molecule has 170 valence electrons. The second-order valence-electron chi connectivity index (χ2n) is 8.48. The van der Waals surface area contributed by atoms with Gasteiger partial charge in [0, 0.05) is 31.6 Å². The first-order valence-electron chi connectivity index (χ1n) is 10.5. The Kier molecular flexibility index (Phi) is 5.98. The topological polar surface area (TPSA) is 140 Å². The molecular weight excluding hydrogens is 412 g/mol. The number of hydrogen-bond acceptors (Lipinski definition) is 8. The van der Waals surface area contributed by atoms with Gasteiger partial charge in [0.2, 0.25) is 0 Å². The highest BCUT2D eigenvalue weighted by molar-refractivity contribution is 5.81. The van der Waals surface area contributed by atoms with Gasteiger partial charge in [-0.15, -0.1) is 0 Å². The maximum absolute atomic E-state index is 11.2. The van der Waals surface area contributed by atoms with Crippen LogP contribution in [0, 0.1) is 0 Å². The van der Waals surface area contributed by atoms with Crippen LogP contribution in [-0.2, 0) is 17.8 Å². The number of anilines is 1. The monoisotopic (exact) mass is 440 g/mol. The number of benzene rings is 1. The number of methoxy groups -OCH3 is 1. The summed E-state index contributed by atoms with van der Waals surface area (Å²) in [7, 11) is 1.63. The molecular formula is C22H28N6O4. The van der Waals surface area contributed by atoms with Gasteiger partial charge in [-0.1, -0.05) is 12.1 Å². The van der Waals surface area contributed by atoms with Gasteiger partial charge in [0.15, 0.2) is 11.5 Å². The molecule has 0 amide bonds. The Morgan fingerprint density at radius 2 is 2.16 bits per heavy atom. The SMILES string of the molecule is COc1ccc(CCC(=O)O)cc1CN1CC[C@@](C)(O)[C@H](n2cnc3c(N)ncnc32)C1. The van der Waals surface area contributed by atoms with Crippen LogP contribution in [0.4, 0.5) is 5.82 Å². The molecule has 10 nitrogen and oxygen atoms in total. The maximum atomic E-state index is 11.2. The molecule has 3 aromatic rings. The zero-order chi connectivity index (χ0) is 22.9. The highest BCUT2D eigenvalue weighted by Crippen LogP contribution is 2.35. The van der Waals surface area contributed by atoms with E-state index in [-0.39, 0.29) is 12.5 Å². The quantitative estimate of drug-likeness (QED) is 0.500. The number of aromatic nitrogens is 4. The number of piperidine rings is 1. The zero-order valence-corrected chi connectivity index (χ0v) is 18.2. The van der Waals surface area contributed by atoms with Crippen molar-refractivity contribution in [2.75, 3.05) is 25.9 Å². The minimum atomic E-state index is -0.947. The van der Waals surface area contributed by atoms with Crippen LogP contribution in [0.3, 0.4) is 0 Å². The summed E-state index contributed by atoms with van der Waals surface area (Å²) >= 11 is 0. The van der Waals surface area contributed by atoms with Crippen LogP contribution in [0.15, 0.2) is 30.9 Å². The number of likely N-dealkylation sites (tertiary alicyclic amines) is 1. The van der Waals surface area contributed by atoms with Gasteiger partial charge >= 0.3 is 5.97 Å². The standard InChI is InChI=1S/C22H28N6O4/c1-22(31)7-8-27(10-15-9-14(4-6-18(29)30)3-5-16(15)32-2)11-17(22)28-13-26-19-20(23)24-12-25-21(19)28/h3,5,9,12-13,17,31H,4,6-8,10-11H2,1-2H3,(H,29,30)(H2,23,24,25)/t17-,22-/m1/s1. The van der Waals surface area contributed by atoms with Crippen molar-refractivity contribution in [1.82, 2.24) is 24.4 Å². The summed E-state index contributed by atoms with van der Waals surface area (Å²) in [6.07, 6.45) is 4.17. The van der Waals surface area contributed by atoms with E-state index in [2.05, 4.69) is 19.9 Å². The van der Waals surface area contributed by atoms with E-state index in [1.807, 2.05) is 29.7 Å². The summed E-state index contributed by atoms with van der Waals surface area (Å²) in [6.45, 7) is 3.72. The lowest BCUT2D eigenvalue weighted by Crippen LogP contribution is -2.50. The third-order valence-electron chi connectivity index (χ3n) is 6.17. The van der Waals surface area contributed by atoms with Crippen LogP contribution in [0.25, 0.3) is 11.2 Å². The Bertz CT molecular complexity index is 1130. The summed E-state index contributed by atoms with van der Waals surface area (Å²) in [5, 5.41) is 20.1. The molecule has 0 aliphatic carbocycles. The Hall–Kier alpha value is -3.24. The number of ether oxygens (including phenoxy) is 1. The number of fused-ring (bicyclic) bond motifs is 1. The normalized spacial score (nSPS) is 21.7. The van der Waals surface area contributed by atoms with Crippen LogP contribution in [0.2, 0.25) is 0 Å². The van der Waals surface area contributed by atoms with Crippen LogP contribution < -0.4 is 10.5 Å². The number of carboxylic acids is 1. The van der Waals surface area contributed by atoms with Crippen LogP contribution >= 0.6 is 0 Å². The molecule has 1 aliphatic rings. The van der Waals surface area contributed by atoms with Crippen molar-refractivity contribution in [3.63, 3.8) is 0 Å². The molecule has 1 aliphatic heterocycles. The van der Waals surface area contributed by atoms with Crippen LogP contribution in [0.5, 0.6) is 5.75 Å². The number of aliphatic hydroxyl groups is 1. The second kappa shape index (κ2) is 8.71. The van der Waals surface area contributed by atoms with E-state index >= 15 is 0 Å². The molecule has 4 N–H and O–H groups in total. The third-order valence-corrected chi connectivity index (χ3v) is 6.17. The van der Waals surface area contributed by atoms with Gasteiger partial charge in [-0.3, -0.25) is 9.69 Å². The number of nitrogen functional groups attached to an aromatic ring is 1. The Morgan fingerprint density at radius 3 is 2.91 bits per heavy atom. The van der Waals surface area contributed by atoms with Gasteiger partial charge in [0.1, 0.15) is 17.6 Å². The highest BCUT2D eigenvalue weighted by Gasteiger charge is 2.40. The molecule has 1 fully saturated rings. The lowest BCUT2D eigenvalue weighted by atomic mass is 9.88. The van der Waals surface area contributed by atoms with Gasteiger partial charge in [0.25, 0.3) is 0 Å². The molecule has 0 unspecified atom stereocenters. The number of carboxylic acid groups (broad SMARTS) is 1. The molecule has 2 atom stereocenters. The van der Waals surface area contributed by atoms with E-state index in [4.69, 9.17) is 15.6 Å². The second-order valence-corrected chi connectivity index (χ2v) is 8.48. The molecule has 3 heterocycles. The molecule has 0 bridgehead atoms. The van der Waals surface area contributed by atoms with E-state index in [1.165, 1.54) is 6.33 Å². The first kappa shape index (κ1) is 22.0. The number of nitrogens with zero attached hydrogens (tertiary/aromatic N) is 5. The minimum absolute atomic E-state index is 0.0825. The zero-order valence-electron chi connectivity index (χ0n) is 18.2. The number of nitrogens with two attached hydrogens (primary N) is 1. The number of aliphatic carboxylic acids is 1. The number of rotatable bonds is 7. The van der Waals surface area contributed by atoms with Gasteiger partial charge in [-0.2, -0.15) is 0 Å².